The zero-order chi connectivity index (χ0) is 16.8. The van der Waals surface area contributed by atoms with Crippen LogP contribution >= 0.6 is 0 Å². The number of amides is 1. The number of carbonyl (C=O) groups excluding carboxylic acids is 1. The van der Waals surface area contributed by atoms with E-state index < -0.39 is 0 Å². The third-order valence-electron chi connectivity index (χ3n) is 3.38. The SMILES string of the molecule is CCc1cccc(NC(=O)c2cccc(Oc3cccnc3)c2)n1. The van der Waals surface area contributed by atoms with Crippen LogP contribution in [-0.2, 0) is 6.42 Å². The Bertz CT molecular complexity index is 835. The highest BCUT2D eigenvalue weighted by atomic mass is 16.5. The lowest BCUT2D eigenvalue weighted by Crippen LogP contribution is -2.13. The molecule has 0 unspecified atom stereocenters. The van der Waals surface area contributed by atoms with Crippen molar-refractivity contribution in [2.45, 2.75) is 13.3 Å². The number of aromatic nitrogens is 2. The molecule has 0 bridgehead atoms. The summed E-state index contributed by atoms with van der Waals surface area (Å²) in [5.41, 5.74) is 1.43. The number of nitrogens with one attached hydrogen (secondary N) is 1. The molecule has 0 aliphatic carbocycles. The Morgan fingerprint density at radius 3 is 2.71 bits per heavy atom. The van der Waals surface area contributed by atoms with E-state index in [9.17, 15) is 4.79 Å². The molecule has 0 aliphatic rings. The summed E-state index contributed by atoms with van der Waals surface area (Å²) in [7, 11) is 0. The number of hydrogen-bond donors (Lipinski definition) is 1. The highest BCUT2D eigenvalue weighted by Crippen LogP contribution is 2.21. The van der Waals surface area contributed by atoms with E-state index in [2.05, 4.69) is 15.3 Å². The standard InChI is InChI=1S/C19H17N3O2/c1-2-15-7-4-10-18(21-15)22-19(23)14-6-3-8-16(12-14)24-17-9-5-11-20-13-17/h3-13H,2H2,1H3,(H,21,22,23). The first-order chi connectivity index (χ1) is 11.7. The van der Waals surface area contributed by atoms with Crippen molar-refractivity contribution >= 4 is 11.7 Å². The van der Waals surface area contributed by atoms with Gasteiger partial charge in [-0.2, -0.15) is 0 Å². The molecule has 120 valence electrons. The second-order valence-corrected chi connectivity index (χ2v) is 5.14. The van der Waals surface area contributed by atoms with E-state index >= 15 is 0 Å². The van der Waals surface area contributed by atoms with Crippen LogP contribution in [0, 0.1) is 0 Å². The largest absolute Gasteiger partial charge is 0.456 e. The van der Waals surface area contributed by atoms with Gasteiger partial charge in [0.25, 0.3) is 5.91 Å². The summed E-state index contributed by atoms with van der Waals surface area (Å²) in [5.74, 6) is 1.50. The summed E-state index contributed by atoms with van der Waals surface area (Å²) in [6, 6.07) is 16.2. The maximum absolute atomic E-state index is 12.4. The first-order valence-electron chi connectivity index (χ1n) is 7.70. The minimum atomic E-state index is -0.229. The van der Waals surface area contributed by atoms with Gasteiger partial charge in [-0.3, -0.25) is 9.78 Å². The lowest BCUT2D eigenvalue weighted by Gasteiger charge is -2.08. The van der Waals surface area contributed by atoms with E-state index in [0.717, 1.165) is 12.1 Å². The maximum atomic E-state index is 12.4. The molecule has 2 aromatic heterocycles. The fraction of sp³-hybridized carbons (Fsp3) is 0.105. The van der Waals surface area contributed by atoms with Gasteiger partial charge in [0.15, 0.2) is 0 Å². The van der Waals surface area contributed by atoms with Crippen molar-refractivity contribution in [1.82, 2.24) is 9.97 Å². The second-order valence-electron chi connectivity index (χ2n) is 5.14. The number of ether oxygens (including phenoxy) is 1. The van der Waals surface area contributed by atoms with E-state index in [1.165, 1.54) is 0 Å². The molecule has 0 radical (unpaired) electrons. The van der Waals surface area contributed by atoms with Gasteiger partial charge in [-0.1, -0.05) is 19.1 Å². The minimum absolute atomic E-state index is 0.229. The number of hydrogen-bond acceptors (Lipinski definition) is 4. The van der Waals surface area contributed by atoms with Crippen LogP contribution in [0.3, 0.4) is 0 Å². The number of carbonyl (C=O) groups is 1. The van der Waals surface area contributed by atoms with Crippen molar-refractivity contribution in [1.29, 1.82) is 0 Å². The predicted molar refractivity (Wildman–Crippen MR) is 92.3 cm³/mol. The molecule has 24 heavy (non-hydrogen) atoms. The number of nitrogens with zero attached hydrogens (tertiary/aromatic N) is 2. The summed E-state index contributed by atoms with van der Waals surface area (Å²) < 4.78 is 5.70. The summed E-state index contributed by atoms with van der Waals surface area (Å²) in [6.07, 6.45) is 4.11. The average Bonchev–Trinajstić information content (AvgIpc) is 2.63. The molecule has 5 nitrogen and oxygen atoms in total. The van der Waals surface area contributed by atoms with E-state index in [4.69, 9.17) is 4.74 Å². The van der Waals surface area contributed by atoms with E-state index in [-0.39, 0.29) is 5.91 Å². The third kappa shape index (κ3) is 3.95. The number of pyridine rings is 2. The van der Waals surface area contributed by atoms with Crippen molar-refractivity contribution in [3.63, 3.8) is 0 Å². The molecule has 1 N–H and O–H groups in total. The molecule has 0 fully saturated rings. The molecule has 0 atom stereocenters. The van der Waals surface area contributed by atoms with Gasteiger partial charge in [-0.15, -0.1) is 0 Å². The van der Waals surface area contributed by atoms with Crippen LogP contribution in [0.2, 0.25) is 0 Å². The van der Waals surface area contributed by atoms with Crippen LogP contribution in [-0.4, -0.2) is 15.9 Å². The zero-order valence-electron chi connectivity index (χ0n) is 13.3. The van der Waals surface area contributed by atoms with Crippen LogP contribution in [0.25, 0.3) is 0 Å². The number of anilines is 1. The lowest BCUT2D eigenvalue weighted by atomic mass is 10.2. The quantitative estimate of drug-likeness (QED) is 0.769. The summed E-state index contributed by atoms with van der Waals surface area (Å²) in [5, 5.41) is 2.81. The summed E-state index contributed by atoms with van der Waals surface area (Å²) >= 11 is 0. The molecular weight excluding hydrogens is 302 g/mol. The first-order valence-corrected chi connectivity index (χ1v) is 7.70. The highest BCUT2D eigenvalue weighted by molar-refractivity contribution is 6.04. The normalized spacial score (nSPS) is 10.2. The molecule has 0 saturated heterocycles. The lowest BCUT2D eigenvalue weighted by molar-refractivity contribution is 0.102. The van der Waals surface area contributed by atoms with Crippen LogP contribution in [0.5, 0.6) is 11.5 Å². The molecule has 5 heteroatoms. The van der Waals surface area contributed by atoms with Gasteiger partial charge in [0.05, 0.1) is 6.20 Å². The van der Waals surface area contributed by atoms with Crippen molar-refractivity contribution in [2.24, 2.45) is 0 Å². The van der Waals surface area contributed by atoms with E-state index in [0.29, 0.717) is 22.9 Å². The Morgan fingerprint density at radius 2 is 1.92 bits per heavy atom. The van der Waals surface area contributed by atoms with Gasteiger partial charge in [0.1, 0.15) is 17.3 Å². The molecule has 0 spiro atoms. The zero-order valence-corrected chi connectivity index (χ0v) is 13.3. The fourth-order valence-electron chi connectivity index (χ4n) is 2.18. The van der Waals surface area contributed by atoms with Gasteiger partial charge in [-0.25, -0.2) is 4.98 Å². The molecule has 0 saturated carbocycles. The van der Waals surface area contributed by atoms with Crippen molar-refractivity contribution < 1.29 is 9.53 Å². The minimum Gasteiger partial charge on any atom is -0.456 e. The third-order valence-corrected chi connectivity index (χ3v) is 3.38. The Hall–Kier alpha value is -3.21. The highest BCUT2D eigenvalue weighted by Gasteiger charge is 2.09. The van der Waals surface area contributed by atoms with Crippen molar-refractivity contribution in [3.8, 4) is 11.5 Å². The molecule has 1 aromatic carbocycles. The number of aryl methyl sites for hydroxylation is 1. The van der Waals surface area contributed by atoms with Gasteiger partial charge in [0.2, 0.25) is 0 Å². The summed E-state index contributed by atoms with van der Waals surface area (Å²) in [6.45, 7) is 2.02. The Morgan fingerprint density at radius 1 is 1.08 bits per heavy atom. The predicted octanol–water partition coefficient (Wildman–Crippen LogP) is 4.08. The van der Waals surface area contributed by atoms with Crippen LogP contribution in [0.15, 0.2) is 67.0 Å². The molecule has 1 amide bonds. The van der Waals surface area contributed by atoms with Gasteiger partial charge in [0, 0.05) is 17.5 Å². The van der Waals surface area contributed by atoms with Gasteiger partial charge < -0.3 is 10.1 Å². The Kier molecular flexibility index (Phi) is 4.81. The topological polar surface area (TPSA) is 64.1 Å². The van der Waals surface area contributed by atoms with Gasteiger partial charge in [-0.05, 0) is 48.9 Å². The Balaban J connectivity index is 1.74. The second kappa shape index (κ2) is 7.37. The van der Waals surface area contributed by atoms with E-state index in [1.807, 2.05) is 19.1 Å². The smallest absolute Gasteiger partial charge is 0.256 e. The molecule has 0 aliphatic heterocycles. The Labute approximate surface area is 140 Å². The first kappa shape index (κ1) is 15.7. The maximum Gasteiger partial charge on any atom is 0.256 e. The average molecular weight is 319 g/mol. The van der Waals surface area contributed by atoms with Crippen molar-refractivity contribution in [3.05, 3.63) is 78.2 Å². The molecule has 3 rings (SSSR count). The number of benzene rings is 1. The molecule has 3 aromatic rings. The monoisotopic (exact) mass is 319 g/mol. The number of rotatable bonds is 5. The fourth-order valence-corrected chi connectivity index (χ4v) is 2.18. The molecule has 2 heterocycles. The van der Waals surface area contributed by atoms with Crippen LogP contribution < -0.4 is 10.1 Å². The van der Waals surface area contributed by atoms with Crippen LogP contribution in [0.1, 0.15) is 23.0 Å². The van der Waals surface area contributed by atoms with E-state index in [1.54, 1.807) is 54.9 Å². The summed E-state index contributed by atoms with van der Waals surface area (Å²) in [4.78, 5) is 20.8. The molecular formula is C19H17N3O2. The van der Waals surface area contributed by atoms with Gasteiger partial charge >= 0.3 is 0 Å². The van der Waals surface area contributed by atoms with Crippen molar-refractivity contribution in [2.75, 3.05) is 5.32 Å². The van der Waals surface area contributed by atoms with Crippen LogP contribution in [0.4, 0.5) is 5.82 Å².